The lowest BCUT2D eigenvalue weighted by molar-refractivity contribution is 0.0696. The van der Waals surface area contributed by atoms with Crippen molar-refractivity contribution in [1.29, 1.82) is 0 Å². The third-order valence-corrected chi connectivity index (χ3v) is 2.90. The highest BCUT2D eigenvalue weighted by molar-refractivity contribution is 5.87. The zero-order valence-corrected chi connectivity index (χ0v) is 9.89. The van der Waals surface area contributed by atoms with Gasteiger partial charge in [-0.3, -0.25) is 0 Å². The van der Waals surface area contributed by atoms with Crippen molar-refractivity contribution in [2.24, 2.45) is 0 Å². The smallest absolute Gasteiger partial charge is 0.335 e. The molecule has 1 unspecified atom stereocenters. The van der Waals surface area contributed by atoms with E-state index in [0.29, 0.717) is 6.61 Å². The quantitative estimate of drug-likeness (QED) is 0.877. The van der Waals surface area contributed by atoms with Crippen molar-refractivity contribution in [2.45, 2.75) is 25.4 Å². The van der Waals surface area contributed by atoms with E-state index in [4.69, 9.17) is 14.6 Å². The van der Waals surface area contributed by atoms with Crippen molar-refractivity contribution in [3.05, 3.63) is 29.6 Å². The molecule has 1 N–H and O–H groups in total. The van der Waals surface area contributed by atoms with Gasteiger partial charge in [0.1, 0.15) is 0 Å². The van der Waals surface area contributed by atoms with Gasteiger partial charge in [-0.15, -0.1) is 0 Å². The van der Waals surface area contributed by atoms with Gasteiger partial charge in [0.15, 0.2) is 11.6 Å². The molecule has 1 fully saturated rings. The molecule has 0 saturated carbocycles. The monoisotopic (exact) mass is 254 g/mol. The molecule has 0 aliphatic carbocycles. The van der Waals surface area contributed by atoms with Gasteiger partial charge in [-0.25, -0.2) is 9.18 Å². The average molecular weight is 254 g/mol. The van der Waals surface area contributed by atoms with E-state index in [2.05, 4.69) is 0 Å². The van der Waals surface area contributed by atoms with Crippen LogP contribution in [0.1, 0.15) is 29.6 Å². The summed E-state index contributed by atoms with van der Waals surface area (Å²) in [5.74, 6) is -1.72. The maximum atomic E-state index is 13.5. The Morgan fingerprint density at radius 2 is 2.39 bits per heavy atom. The van der Waals surface area contributed by atoms with Gasteiger partial charge in [-0.1, -0.05) is 0 Å². The van der Waals surface area contributed by atoms with E-state index >= 15 is 0 Å². The third-order valence-electron chi connectivity index (χ3n) is 2.90. The molecule has 5 heteroatoms. The minimum Gasteiger partial charge on any atom is -0.490 e. The Balaban J connectivity index is 1.87. The van der Waals surface area contributed by atoms with Crippen LogP contribution in [0.2, 0.25) is 0 Å². The minimum atomic E-state index is -1.15. The maximum absolute atomic E-state index is 13.5. The first kappa shape index (κ1) is 12.8. The van der Waals surface area contributed by atoms with E-state index in [1.807, 2.05) is 0 Å². The predicted octanol–water partition coefficient (Wildman–Crippen LogP) is 2.47. The van der Waals surface area contributed by atoms with E-state index < -0.39 is 11.8 Å². The summed E-state index contributed by atoms with van der Waals surface area (Å²) in [4.78, 5) is 10.6. The maximum Gasteiger partial charge on any atom is 0.335 e. The summed E-state index contributed by atoms with van der Waals surface area (Å²) in [5.41, 5.74) is -0.0843. The first-order valence-corrected chi connectivity index (χ1v) is 5.94. The number of aromatic carboxylic acids is 1. The fourth-order valence-electron chi connectivity index (χ4n) is 1.92. The SMILES string of the molecule is O=C(O)c1ccc(OCCC2CCCO2)c(F)c1. The molecule has 1 aliphatic heterocycles. The zero-order chi connectivity index (χ0) is 13.0. The topological polar surface area (TPSA) is 55.8 Å². The molecule has 1 aromatic rings. The molecule has 1 atom stereocenters. The normalized spacial score (nSPS) is 18.8. The summed E-state index contributed by atoms with van der Waals surface area (Å²) in [6.45, 7) is 1.15. The van der Waals surface area contributed by atoms with Crippen LogP contribution in [0.25, 0.3) is 0 Å². The molecule has 1 aromatic carbocycles. The summed E-state index contributed by atoms with van der Waals surface area (Å²) in [5, 5.41) is 8.70. The largest absolute Gasteiger partial charge is 0.490 e. The summed E-state index contributed by atoms with van der Waals surface area (Å²) in [6.07, 6.45) is 3.00. The van der Waals surface area contributed by atoms with Crippen LogP contribution < -0.4 is 4.74 Å². The van der Waals surface area contributed by atoms with Crippen LogP contribution in [-0.4, -0.2) is 30.4 Å². The van der Waals surface area contributed by atoms with Crippen molar-refractivity contribution in [3.63, 3.8) is 0 Å². The molecule has 1 aliphatic rings. The molecule has 0 aromatic heterocycles. The number of rotatable bonds is 5. The highest BCUT2D eigenvalue weighted by Crippen LogP contribution is 2.20. The van der Waals surface area contributed by atoms with Gasteiger partial charge in [-0.2, -0.15) is 0 Å². The molecule has 1 heterocycles. The fraction of sp³-hybridized carbons (Fsp3) is 0.462. The molecule has 4 nitrogen and oxygen atoms in total. The lowest BCUT2D eigenvalue weighted by Crippen LogP contribution is -2.11. The predicted molar refractivity (Wildman–Crippen MR) is 62.4 cm³/mol. The first-order valence-electron chi connectivity index (χ1n) is 5.94. The molecule has 0 spiro atoms. The Labute approximate surface area is 104 Å². The van der Waals surface area contributed by atoms with E-state index in [-0.39, 0.29) is 17.4 Å². The van der Waals surface area contributed by atoms with Crippen LogP contribution in [0.5, 0.6) is 5.75 Å². The number of ether oxygens (including phenoxy) is 2. The van der Waals surface area contributed by atoms with Crippen molar-refractivity contribution in [2.75, 3.05) is 13.2 Å². The van der Waals surface area contributed by atoms with Gasteiger partial charge in [-0.05, 0) is 31.0 Å². The van der Waals surface area contributed by atoms with Gasteiger partial charge in [0.25, 0.3) is 0 Å². The summed E-state index contributed by atoms with van der Waals surface area (Å²) in [7, 11) is 0. The van der Waals surface area contributed by atoms with E-state index in [0.717, 1.165) is 31.9 Å². The van der Waals surface area contributed by atoms with Crippen molar-refractivity contribution in [1.82, 2.24) is 0 Å². The summed E-state index contributed by atoms with van der Waals surface area (Å²) in [6, 6.07) is 3.63. The Bertz CT molecular complexity index is 427. The standard InChI is InChI=1S/C13H15FO4/c14-11-8-9(13(15)16)3-4-12(11)18-7-5-10-2-1-6-17-10/h3-4,8,10H,1-2,5-7H2,(H,15,16). The number of hydrogen-bond donors (Lipinski definition) is 1. The molecule has 0 bridgehead atoms. The van der Waals surface area contributed by atoms with Crippen LogP contribution in [0.3, 0.4) is 0 Å². The van der Waals surface area contributed by atoms with E-state index in [1.54, 1.807) is 0 Å². The van der Waals surface area contributed by atoms with Crippen molar-refractivity contribution in [3.8, 4) is 5.75 Å². The second-order valence-corrected chi connectivity index (χ2v) is 4.22. The van der Waals surface area contributed by atoms with Crippen molar-refractivity contribution < 1.29 is 23.8 Å². The van der Waals surface area contributed by atoms with Gasteiger partial charge in [0.2, 0.25) is 0 Å². The second kappa shape index (κ2) is 5.82. The van der Waals surface area contributed by atoms with Crippen LogP contribution in [-0.2, 0) is 4.74 Å². The molecule has 98 valence electrons. The molecule has 1 saturated heterocycles. The minimum absolute atomic E-state index is 0.0815. The van der Waals surface area contributed by atoms with Gasteiger partial charge in [0, 0.05) is 13.0 Å². The van der Waals surface area contributed by atoms with Crippen LogP contribution in [0, 0.1) is 5.82 Å². The van der Waals surface area contributed by atoms with E-state index in [1.165, 1.54) is 12.1 Å². The molecule has 18 heavy (non-hydrogen) atoms. The molecular weight excluding hydrogens is 239 g/mol. The number of halogens is 1. The Kier molecular flexibility index (Phi) is 4.15. The molecule has 2 rings (SSSR count). The molecule has 0 amide bonds. The third kappa shape index (κ3) is 3.20. The zero-order valence-electron chi connectivity index (χ0n) is 9.89. The van der Waals surface area contributed by atoms with Gasteiger partial charge >= 0.3 is 5.97 Å². The highest BCUT2D eigenvalue weighted by Gasteiger charge is 2.16. The number of carboxylic acids is 1. The lowest BCUT2D eigenvalue weighted by Gasteiger charge is -2.11. The summed E-state index contributed by atoms with van der Waals surface area (Å²) < 4.78 is 24.2. The Morgan fingerprint density at radius 3 is 3.00 bits per heavy atom. The molecule has 0 radical (unpaired) electrons. The van der Waals surface area contributed by atoms with Crippen molar-refractivity contribution >= 4 is 5.97 Å². The fourth-order valence-corrected chi connectivity index (χ4v) is 1.92. The number of carbonyl (C=O) groups is 1. The number of benzene rings is 1. The number of carboxylic acid groups (broad SMARTS) is 1. The summed E-state index contributed by atoms with van der Waals surface area (Å²) >= 11 is 0. The van der Waals surface area contributed by atoms with E-state index in [9.17, 15) is 9.18 Å². The first-order chi connectivity index (χ1) is 8.66. The lowest BCUT2D eigenvalue weighted by atomic mass is 10.2. The second-order valence-electron chi connectivity index (χ2n) is 4.22. The van der Waals surface area contributed by atoms with Crippen LogP contribution in [0.4, 0.5) is 4.39 Å². The Hall–Kier alpha value is -1.62. The van der Waals surface area contributed by atoms with Crippen LogP contribution >= 0.6 is 0 Å². The van der Waals surface area contributed by atoms with Crippen LogP contribution in [0.15, 0.2) is 18.2 Å². The van der Waals surface area contributed by atoms with Gasteiger partial charge in [0.05, 0.1) is 18.3 Å². The van der Waals surface area contributed by atoms with Gasteiger partial charge < -0.3 is 14.6 Å². The highest BCUT2D eigenvalue weighted by atomic mass is 19.1. The Morgan fingerprint density at radius 1 is 1.56 bits per heavy atom. The molecular formula is C13H15FO4. The number of hydrogen-bond acceptors (Lipinski definition) is 3. The average Bonchev–Trinajstić information content (AvgIpc) is 2.84.